The quantitative estimate of drug-likeness (QED) is 0.182. The molecule has 9 nitrogen and oxygen atoms in total. The van der Waals surface area contributed by atoms with E-state index in [1.54, 1.807) is 24.3 Å². The Morgan fingerprint density at radius 1 is 0.830 bits per heavy atom. The van der Waals surface area contributed by atoms with Crippen molar-refractivity contribution in [3.8, 4) is 11.5 Å². The molecule has 47 heavy (non-hydrogen) atoms. The maximum Gasteiger partial charge on any atom is 0.264 e. The number of nitrogens with one attached hydrogen (secondary N) is 1. The largest absolute Gasteiger partial charge is 0.497 e. The van der Waals surface area contributed by atoms with Crippen LogP contribution < -0.4 is 19.1 Å². The number of nitrogens with zero attached hydrogens (tertiary/aromatic N) is 2. The monoisotopic (exact) mass is 661 g/mol. The van der Waals surface area contributed by atoms with Gasteiger partial charge in [-0.1, -0.05) is 74.5 Å². The van der Waals surface area contributed by atoms with Crippen LogP contribution in [-0.2, 0) is 32.6 Å². The smallest absolute Gasteiger partial charge is 0.264 e. The average Bonchev–Trinajstić information content (AvgIpc) is 3.08. The van der Waals surface area contributed by atoms with Gasteiger partial charge in [0, 0.05) is 25.1 Å². The van der Waals surface area contributed by atoms with Gasteiger partial charge in [0.1, 0.15) is 29.9 Å². The van der Waals surface area contributed by atoms with Gasteiger partial charge in [-0.25, -0.2) is 12.8 Å². The summed E-state index contributed by atoms with van der Waals surface area (Å²) in [4.78, 5) is 29.6. The predicted octanol–water partition coefficient (Wildman–Crippen LogP) is 5.45. The van der Waals surface area contributed by atoms with Crippen LogP contribution in [-0.4, -0.2) is 58.5 Å². The molecular formula is C36H40FN3O6S. The van der Waals surface area contributed by atoms with E-state index in [2.05, 4.69) is 5.32 Å². The fraction of sp³-hybridized carbons (Fsp3) is 0.278. The molecule has 1 atom stereocenters. The van der Waals surface area contributed by atoms with E-state index < -0.39 is 40.2 Å². The SMILES string of the molecule is COc1ccc(S(=O)(=O)N(CC(=O)N(Cc2ccccc2F)C(Cc2ccccc2)C(=O)NCC(C)C)c2ccccc2OC)cc1. The maximum absolute atomic E-state index is 15.1. The second kappa shape index (κ2) is 16.1. The third-order valence-corrected chi connectivity index (χ3v) is 9.31. The first-order chi connectivity index (χ1) is 22.5. The Morgan fingerprint density at radius 3 is 2.11 bits per heavy atom. The highest BCUT2D eigenvalue weighted by molar-refractivity contribution is 7.92. The van der Waals surface area contributed by atoms with Gasteiger partial charge in [0.15, 0.2) is 0 Å². The van der Waals surface area contributed by atoms with E-state index in [4.69, 9.17) is 9.47 Å². The van der Waals surface area contributed by atoms with Crippen LogP contribution in [0.25, 0.3) is 0 Å². The number of rotatable bonds is 15. The minimum Gasteiger partial charge on any atom is -0.497 e. The third-order valence-electron chi connectivity index (χ3n) is 7.53. The molecule has 0 aliphatic carbocycles. The molecule has 0 heterocycles. The molecule has 11 heteroatoms. The normalized spacial score (nSPS) is 11.9. The summed E-state index contributed by atoms with van der Waals surface area (Å²) in [5, 5.41) is 2.92. The van der Waals surface area contributed by atoms with E-state index in [-0.39, 0.29) is 40.8 Å². The van der Waals surface area contributed by atoms with Gasteiger partial charge in [-0.15, -0.1) is 0 Å². The summed E-state index contributed by atoms with van der Waals surface area (Å²) in [6.07, 6.45) is 0.116. The number of sulfonamides is 1. The molecule has 4 aromatic carbocycles. The lowest BCUT2D eigenvalue weighted by Crippen LogP contribution is -2.53. The summed E-state index contributed by atoms with van der Waals surface area (Å²) in [5.74, 6) is -0.905. The molecule has 2 amide bonds. The number of ether oxygens (including phenoxy) is 2. The van der Waals surface area contributed by atoms with Crippen molar-refractivity contribution in [3.63, 3.8) is 0 Å². The fourth-order valence-corrected chi connectivity index (χ4v) is 6.44. The molecule has 0 aliphatic heterocycles. The second-order valence-corrected chi connectivity index (χ2v) is 13.2. The summed E-state index contributed by atoms with van der Waals surface area (Å²) in [6.45, 7) is 3.27. The van der Waals surface area contributed by atoms with Crippen LogP contribution >= 0.6 is 0 Å². The number of benzene rings is 4. The lowest BCUT2D eigenvalue weighted by Gasteiger charge is -2.34. The van der Waals surface area contributed by atoms with Gasteiger partial charge in [-0.05, 0) is 53.9 Å². The number of hydrogen-bond donors (Lipinski definition) is 1. The highest BCUT2D eigenvalue weighted by atomic mass is 32.2. The molecule has 4 rings (SSSR count). The first-order valence-electron chi connectivity index (χ1n) is 15.2. The zero-order valence-corrected chi connectivity index (χ0v) is 27.7. The summed E-state index contributed by atoms with van der Waals surface area (Å²) < 4.78 is 55.3. The summed E-state index contributed by atoms with van der Waals surface area (Å²) >= 11 is 0. The van der Waals surface area contributed by atoms with Crippen LogP contribution in [0.1, 0.15) is 25.0 Å². The molecule has 0 spiro atoms. The van der Waals surface area contributed by atoms with Gasteiger partial charge in [-0.3, -0.25) is 13.9 Å². The third kappa shape index (κ3) is 8.88. The van der Waals surface area contributed by atoms with Crippen LogP contribution in [0, 0.1) is 11.7 Å². The molecule has 0 radical (unpaired) electrons. The van der Waals surface area contributed by atoms with Gasteiger partial charge in [-0.2, -0.15) is 0 Å². The van der Waals surface area contributed by atoms with Crippen LogP contribution in [0.15, 0.2) is 108 Å². The fourth-order valence-electron chi connectivity index (χ4n) is 5.01. The van der Waals surface area contributed by atoms with Crippen molar-refractivity contribution in [1.29, 1.82) is 0 Å². The molecule has 4 aromatic rings. The van der Waals surface area contributed by atoms with E-state index in [9.17, 15) is 18.0 Å². The van der Waals surface area contributed by atoms with Crippen molar-refractivity contribution >= 4 is 27.5 Å². The van der Waals surface area contributed by atoms with Crippen molar-refractivity contribution in [1.82, 2.24) is 10.2 Å². The topological polar surface area (TPSA) is 105 Å². The Kier molecular flexibility index (Phi) is 12.0. The lowest BCUT2D eigenvalue weighted by atomic mass is 10.0. The average molecular weight is 662 g/mol. The minimum absolute atomic E-state index is 0.0897. The molecule has 0 saturated heterocycles. The van der Waals surface area contributed by atoms with Crippen molar-refractivity contribution in [3.05, 3.63) is 120 Å². The van der Waals surface area contributed by atoms with E-state index in [0.29, 0.717) is 12.3 Å². The first-order valence-corrected chi connectivity index (χ1v) is 16.6. The standard InChI is InChI=1S/C36H40FN3O6S/c1-26(2)23-38-36(42)33(22-27-12-6-5-7-13-27)39(24-28-14-8-9-15-31(28)37)35(41)25-40(32-16-10-11-17-34(32)46-4)47(43,44)30-20-18-29(45-3)19-21-30/h5-21,26,33H,22-25H2,1-4H3,(H,38,42). The molecular weight excluding hydrogens is 621 g/mol. The van der Waals surface area contributed by atoms with E-state index in [1.165, 1.54) is 67.7 Å². The van der Waals surface area contributed by atoms with Crippen molar-refractivity contribution in [2.24, 2.45) is 5.92 Å². The number of anilines is 1. The zero-order valence-electron chi connectivity index (χ0n) is 26.9. The number of para-hydroxylation sites is 2. The second-order valence-electron chi connectivity index (χ2n) is 11.3. The molecule has 0 saturated carbocycles. The van der Waals surface area contributed by atoms with E-state index >= 15 is 4.39 Å². The number of amides is 2. The number of carbonyl (C=O) groups excluding carboxylic acids is 2. The Labute approximate surface area is 276 Å². The van der Waals surface area contributed by atoms with Gasteiger partial charge >= 0.3 is 0 Å². The highest BCUT2D eigenvalue weighted by Crippen LogP contribution is 2.33. The minimum atomic E-state index is -4.37. The Bertz CT molecular complexity index is 1750. The van der Waals surface area contributed by atoms with Crippen LogP contribution in [0.4, 0.5) is 10.1 Å². The first kappa shape index (κ1) is 35.0. The van der Waals surface area contributed by atoms with Crippen LogP contribution in [0.2, 0.25) is 0 Å². The van der Waals surface area contributed by atoms with E-state index in [1.807, 2.05) is 44.2 Å². The predicted molar refractivity (Wildman–Crippen MR) is 179 cm³/mol. The Balaban J connectivity index is 1.83. The summed E-state index contributed by atoms with van der Waals surface area (Å²) in [5.41, 5.74) is 1.07. The van der Waals surface area contributed by atoms with Crippen molar-refractivity contribution < 1.29 is 31.9 Å². The molecule has 0 fully saturated rings. The van der Waals surface area contributed by atoms with Crippen molar-refractivity contribution in [2.45, 2.75) is 37.8 Å². The summed E-state index contributed by atoms with van der Waals surface area (Å²) in [7, 11) is -1.50. The molecule has 0 aliphatic rings. The molecule has 248 valence electrons. The number of carbonyl (C=O) groups is 2. The zero-order chi connectivity index (χ0) is 34.0. The maximum atomic E-state index is 15.1. The van der Waals surface area contributed by atoms with Gasteiger partial charge in [0.05, 0.1) is 24.8 Å². The van der Waals surface area contributed by atoms with Gasteiger partial charge in [0.25, 0.3) is 10.0 Å². The van der Waals surface area contributed by atoms with Crippen LogP contribution in [0.3, 0.4) is 0 Å². The van der Waals surface area contributed by atoms with Crippen LogP contribution in [0.5, 0.6) is 11.5 Å². The number of methoxy groups -OCH3 is 2. The molecule has 1 unspecified atom stereocenters. The van der Waals surface area contributed by atoms with Gasteiger partial charge < -0.3 is 19.7 Å². The highest BCUT2D eigenvalue weighted by Gasteiger charge is 2.36. The molecule has 0 bridgehead atoms. The van der Waals surface area contributed by atoms with E-state index in [0.717, 1.165) is 9.87 Å². The summed E-state index contributed by atoms with van der Waals surface area (Å²) in [6, 6.07) is 26.3. The number of hydrogen-bond acceptors (Lipinski definition) is 6. The lowest BCUT2D eigenvalue weighted by molar-refractivity contribution is -0.140. The molecule has 0 aromatic heterocycles. The van der Waals surface area contributed by atoms with Crippen molar-refractivity contribution in [2.75, 3.05) is 31.6 Å². The van der Waals surface area contributed by atoms with Gasteiger partial charge in [0.2, 0.25) is 11.8 Å². The number of halogens is 1. The Hall–Kier alpha value is -4.90. The Morgan fingerprint density at radius 2 is 1.47 bits per heavy atom. The molecule has 1 N–H and O–H groups in total.